The zero-order valence-electron chi connectivity index (χ0n) is 19.8. The number of aliphatic imine (C=N–C) groups is 1. The number of hydrogen-bond acceptors (Lipinski definition) is 6. The molecule has 1 fully saturated rings. The topological polar surface area (TPSA) is 100 Å². The lowest BCUT2D eigenvalue weighted by molar-refractivity contribution is -0.121. The van der Waals surface area contributed by atoms with Crippen LogP contribution < -0.4 is 10.6 Å². The maximum atomic E-state index is 12.5. The van der Waals surface area contributed by atoms with Gasteiger partial charge in [0.05, 0.1) is 6.61 Å². The molecule has 9 heteroatoms. The van der Waals surface area contributed by atoms with E-state index in [0.717, 1.165) is 42.2 Å². The van der Waals surface area contributed by atoms with Crippen LogP contribution in [0.25, 0.3) is 0 Å². The van der Waals surface area contributed by atoms with Crippen LogP contribution in [0.1, 0.15) is 47.2 Å². The molecule has 3 amide bonds. The Kier molecular flexibility index (Phi) is 8.54. The number of amides is 3. The van der Waals surface area contributed by atoms with Crippen molar-refractivity contribution in [3.05, 3.63) is 65.2 Å². The Morgan fingerprint density at radius 3 is 2.40 bits per heavy atom. The highest BCUT2D eigenvalue weighted by molar-refractivity contribution is 8.15. The van der Waals surface area contributed by atoms with Gasteiger partial charge < -0.3 is 20.3 Å². The maximum absolute atomic E-state index is 12.5. The van der Waals surface area contributed by atoms with Gasteiger partial charge in [-0.3, -0.25) is 14.4 Å². The molecule has 2 aromatic rings. The number of nitrogens with one attached hydrogen (secondary N) is 2. The van der Waals surface area contributed by atoms with Crippen molar-refractivity contribution in [3.63, 3.8) is 0 Å². The highest BCUT2D eigenvalue weighted by atomic mass is 32.2. The summed E-state index contributed by atoms with van der Waals surface area (Å²) in [5.41, 5.74) is 3.15. The summed E-state index contributed by atoms with van der Waals surface area (Å²) < 4.78 is 5.10. The SMILES string of the molecule is COCc1ccc(CNC(=O)c2ccc(NC(=O)CC3SC(N4CCCCC4)=NC3=O)cc2)cc1. The van der Waals surface area contributed by atoms with E-state index in [1.807, 2.05) is 24.3 Å². The van der Waals surface area contributed by atoms with E-state index in [0.29, 0.717) is 24.4 Å². The molecule has 1 atom stereocenters. The molecule has 2 aliphatic rings. The van der Waals surface area contributed by atoms with E-state index in [9.17, 15) is 14.4 Å². The summed E-state index contributed by atoms with van der Waals surface area (Å²) in [6, 6.07) is 14.6. The van der Waals surface area contributed by atoms with E-state index in [1.54, 1.807) is 31.4 Å². The van der Waals surface area contributed by atoms with Crippen LogP contribution in [0.15, 0.2) is 53.5 Å². The van der Waals surface area contributed by atoms with E-state index in [1.165, 1.54) is 18.2 Å². The van der Waals surface area contributed by atoms with Crippen molar-refractivity contribution in [1.82, 2.24) is 10.2 Å². The van der Waals surface area contributed by atoms with E-state index in [4.69, 9.17) is 4.74 Å². The quantitative estimate of drug-likeness (QED) is 0.582. The fourth-order valence-electron chi connectivity index (χ4n) is 4.02. The third kappa shape index (κ3) is 6.93. The van der Waals surface area contributed by atoms with Gasteiger partial charge >= 0.3 is 0 Å². The summed E-state index contributed by atoms with van der Waals surface area (Å²) in [6.45, 7) is 2.80. The minimum atomic E-state index is -0.486. The molecule has 0 saturated carbocycles. The van der Waals surface area contributed by atoms with Gasteiger partial charge in [-0.05, 0) is 54.7 Å². The average molecular weight is 495 g/mol. The molecule has 0 radical (unpaired) electrons. The molecule has 0 spiro atoms. The Morgan fingerprint density at radius 1 is 1.03 bits per heavy atom. The Balaban J connectivity index is 1.23. The third-order valence-corrected chi connectivity index (χ3v) is 7.16. The van der Waals surface area contributed by atoms with E-state index in [2.05, 4.69) is 20.5 Å². The second-order valence-electron chi connectivity index (χ2n) is 8.65. The molecule has 2 heterocycles. The van der Waals surface area contributed by atoms with Crippen molar-refractivity contribution in [2.45, 2.75) is 44.1 Å². The van der Waals surface area contributed by atoms with Gasteiger partial charge in [-0.2, -0.15) is 4.99 Å². The molecule has 8 nitrogen and oxygen atoms in total. The van der Waals surface area contributed by atoms with Gasteiger partial charge in [0.25, 0.3) is 11.8 Å². The van der Waals surface area contributed by atoms with Crippen LogP contribution in [-0.2, 0) is 27.5 Å². The molecule has 1 saturated heterocycles. The van der Waals surface area contributed by atoms with Crippen LogP contribution in [0.3, 0.4) is 0 Å². The molecule has 2 aromatic carbocycles. The molecule has 2 N–H and O–H groups in total. The van der Waals surface area contributed by atoms with Crippen molar-refractivity contribution in [1.29, 1.82) is 0 Å². The molecule has 4 rings (SSSR count). The van der Waals surface area contributed by atoms with Gasteiger partial charge in [0, 0.05) is 44.4 Å². The molecular weight excluding hydrogens is 464 g/mol. The van der Waals surface area contributed by atoms with Gasteiger partial charge in [0.2, 0.25) is 5.91 Å². The monoisotopic (exact) mass is 494 g/mol. The number of anilines is 1. The van der Waals surface area contributed by atoms with Crippen LogP contribution in [0.5, 0.6) is 0 Å². The predicted molar refractivity (Wildman–Crippen MR) is 137 cm³/mol. The largest absolute Gasteiger partial charge is 0.380 e. The predicted octanol–water partition coefficient (Wildman–Crippen LogP) is 3.58. The number of likely N-dealkylation sites (tertiary alicyclic amines) is 1. The van der Waals surface area contributed by atoms with Gasteiger partial charge in [-0.1, -0.05) is 36.0 Å². The summed E-state index contributed by atoms with van der Waals surface area (Å²) in [5, 5.41) is 5.97. The number of carbonyl (C=O) groups excluding carboxylic acids is 3. The first-order valence-electron chi connectivity index (χ1n) is 11.8. The lowest BCUT2D eigenvalue weighted by Crippen LogP contribution is -2.33. The van der Waals surface area contributed by atoms with Crippen LogP contribution in [0.2, 0.25) is 0 Å². The maximum Gasteiger partial charge on any atom is 0.262 e. The van der Waals surface area contributed by atoms with Crippen molar-refractivity contribution in [2.75, 3.05) is 25.5 Å². The summed E-state index contributed by atoms with van der Waals surface area (Å²) in [7, 11) is 1.65. The number of benzene rings is 2. The van der Waals surface area contributed by atoms with Crippen molar-refractivity contribution in [3.8, 4) is 0 Å². The van der Waals surface area contributed by atoms with Crippen LogP contribution in [0.4, 0.5) is 5.69 Å². The van der Waals surface area contributed by atoms with Gasteiger partial charge in [-0.15, -0.1) is 0 Å². The Labute approximate surface area is 209 Å². The summed E-state index contributed by atoms with van der Waals surface area (Å²) >= 11 is 1.38. The first-order valence-corrected chi connectivity index (χ1v) is 12.7. The number of carbonyl (C=O) groups is 3. The van der Waals surface area contributed by atoms with Gasteiger partial charge in [0.1, 0.15) is 5.25 Å². The number of rotatable bonds is 8. The molecule has 35 heavy (non-hydrogen) atoms. The fraction of sp³-hybridized carbons (Fsp3) is 0.385. The number of ether oxygens (including phenoxy) is 1. The highest BCUT2D eigenvalue weighted by Gasteiger charge is 2.33. The van der Waals surface area contributed by atoms with Gasteiger partial charge in [0.15, 0.2) is 5.17 Å². The fourth-order valence-corrected chi connectivity index (χ4v) is 5.14. The molecular formula is C26H30N4O4S. The zero-order chi connectivity index (χ0) is 24.6. The Hall–Kier alpha value is -3.17. The third-order valence-electron chi connectivity index (χ3n) is 5.94. The minimum Gasteiger partial charge on any atom is -0.380 e. The van der Waals surface area contributed by atoms with Crippen LogP contribution in [-0.4, -0.2) is 53.2 Å². The second-order valence-corrected chi connectivity index (χ2v) is 9.82. The van der Waals surface area contributed by atoms with E-state index >= 15 is 0 Å². The number of amidine groups is 1. The molecule has 0 aromatic heterocycles. The number of nitrogens with zero attached hydrogens (tertiary/aromatic N) is 2. The zero-order valence-corrected chi connectivity index (χ0v) is 20.6. The number of thioether (sulfide) groups is 1. The van der Waals surface area contributed by atoms with Gasteiger partial charge in [-0.25, -0.2) is 0 Å². The van der Waals surface area contributed by atoms with Crippen LogP contribution >= 0.6 is 11.8 Å². The molecule has 1 unspecified atom stereocenters. The number of methoxy groups -OCH3 is 1. The summed E-state index contributed by atoms with van der Waals surface area (Å²) in [6.07, 6.45) is 3.48. The average Bonchev–Trinajstić information content (AvgIpc) is 3.24. The molecule has 0 aliphatic carbocycles. The summed E-state index contributed by atoms with van der Waals surface area (Å²) in [5.74, 6) is -0.690. The standard InChI is InChI=1S/C26H30N4O4S/c1-34-17-19-7-5-18(6-8-19)16-27-24(32)20-9-11-21(12-10-20)28-23(31)15-22-25(33)29-26(35-22)30-13-3-2-4-14-30/h5-12,22H,2-4,13-17H2,1H3,(H,27,32)(H,28,31). The Bertz CT molecular complexity index is 1080. The first kappa shape index (κ1) is 24.9. The summed E-state index contributed by atoms with van der Waals surface area (Å²) in [4.78, 5) is 43.6. The smallest absolute Gasteiger partial charge is 0.262 e. The highest BCUT2D eigenvalue weighted by Crippen LogP contribution is 2.29. The van der Waals surface area contributed by atoms with Crippen molar-refractivity contribution < 1.29 is 19.1 Å². The normalized spacial score (nSPS) is 17.7. The minimum absolute atomic E-state index is 0.0652. The molecule has 0 bridgehead atoms. The number of hydrogen-bond donors (Lipinski definition) is 2. The lowest BCUT2D eigenvalue weighted by atomic mass is 10.1. The second kappa shape index (κ2) is 12.0. The molecule has 2 aliphatic heterocycles. The lowest BCUT2D eigenvalue weighted by Gasteiger charge is -2.27. The molecule has 184 valence electrons. The Morgan fingerprint density at radius 2 is 1.71 bits per heavy atom. The van der Waals surface area contributed by atoms with E-state index in [-0.39, 0.29) is 24.1 Å². The van der Waals surface area contributed by atoms with E-state index < -0.39 is 5.25 Å². The van der Waals surface area contributed by atoms with Crippen molar-refractivity contribution in [2.24, 2.45) is 4.99 Å². The van der Waals surface area contributed by atoms with Crippen LogP contribution in [0, 0.1) is 0 Å². The first-order chi connectivity index (χ1) is 17.0. The van der Waals surface area contributed by atoms with Crippen molar-refractivity contribution >= 4 is 40.3 Å². The number of piperidine rings is 1.